The van der Waals surface area contributed by atoms with Gasteiger partial charge >= 0.3 is 0 Å². The molecule has 0 aliphatic heterocycles. The summed E-state index contributed by atoms with van der Waals surface area (Å²) >= 11 is 1.49. The second-order valence-electron chi connectivity index (χ2n) is 4.54. The van der Waals surface area contributed by atoms with E-state index in [1.54, 1.807) is 6.07 Å². The summed E-state index contributed by atoms with van der Waals surface area (Å²) in [5.74, 6) is 0.253. The fourth-order valence-electron chi connectivity index (χ4n) is 1.39. The van der Waals surface area contributed by atoms with Gasteiger partial charge in [0, 0.05) is 22.3 Å². The Morgan fingerprint density at radius 3 is 2.41 bits per heavy atom. The van der Waals surface area contributed by atoms with Gasteiger partial charge in [-0.1, -0.05) is 13.8 Å². The second-order valence-corrected chi connectivity index (χ2v) is 7.73. The zero-order valence-corrected chi connectivity index (χ0v) is 12.3. The van der Waals surface area contributed by atoms with Crippen molar-refractivity contribution in [3.8, 4) is 0 Å². The third-order valence-electron chi connectivity index (χ3n) is 2.65. The lowest BCUT2D eigenvalue weighted by atomic mass is 10.1. The fourth-order valence-corrected chi connectivity index (χ4v) is 4.02. The molecule has 1 aromatic heterocycles. The largest absolute Gasteiger partial charge is 0.326 e. The van der Waals surface area contributed by atoms with E-state index in [1.165, 1.54) is 11.3 Å². The average molecular weight is 276 g/mol. The first-order valence-corrected chi connectivity index (χ1v) is 7.86. The van der Waals surface area contributed by atoms with E-state index in [-0.39, 0.29) is 18.5 Å². The first-order valence-electron chi connectivity index (χ1n) is 5.56. The maximum atomic E-state index is 12.0. The Labute approximate surface area is 107 Å². The summed E-state index contributed by atoms with van der Waals surface area (Å²) in [7, 11) is -3.42. The van der Waals surface area contributed by atoms with Crippen molar-refractivity contribution >= 4 is 21.4 Å². The quantitative estimate of drug-likeness (QED) is 0.858. The highest BCUT2D eigenvalue weighted by molar-refractivity contribution is 7.89. The minimum Gasteiger partial charge on any atom is -0.326 e. The van der Waals surface area contributed by atoms with Crippen molar-refractivity contribution in [1.82, 2.24) is 4.72 Å². The fraction of sp³-hybridized carbons (Fsp3) is 0.636. The molecular formula is C11H20N2O2S2. The van der Waals surface area contributed by atoms with Crippen LogP contribution in [0.4, 0.5) is 0 Å². The van der Waals surface area contributed by atoms with Crippen LogP contribution in [0.15, 0.2) is 11.0 Å². The van der Waals surface area contributed by atoms with Crippen molar-refractivity contribution in [2.75, 3.05) is 6.54 Å². The molecule has 98 valence electrons. The van der Waals surface area contributed by atoms with Gasteiger partial charge in [-0.05, 0) is 25.8 Å². The Morgan fingerprint density at radius 2 is 2.00 bits per heavy atom. The van der Waals surface area contributed by atoms with Crippen molar-refractivity contribution < 1.29 is 8.42 Å². The Kier molecular flexibility index (Phi) is 4.71. The minimum atomic E-state index is -3.42. The number of nitrogens with one attached hydrogen (secondary N) is 1. The standard InChI is InChI=1S/C11H20N2O2S2/c1-7(2)10(12)6-13-17(14,15)11-5-8(3)16-9(11)4/h5,7,10,13H,6,12H2,1-4H3. The van der Waals surface area contributed by atoms with Crippen molar-refractivity contribution in [3.63, 3.8) is 0 Å². The lowest BCUT2D eigenvalue weighted by Crippen LogP contribution is -2.40. The molecule has 1 unspecified atom stereocenters. The van der Waals surface area contributed by atoms with E-state index in [1.807, 2.05) is 27.7 Å². The van der Waals surface area contributed by atoms with Gasteiger partial charge in [-0.3, -0.25) is 0 Å². The van der Waals surface area contributed by atoms with E-state index in [0.717, 1.165) is 9.75 Å². The average Bonchev–Trinajstić information content (AvgIpc) is 2.55. The highest BCUT2D eigenvalue weighted by Gasteiger charge is 2.20. The Balaban J connectivity index is 2.80. The monoisotopic (exact) mass is 276 g/mol. The van der Waals surface area contributed by atoms with Gasteiger partial charge < -0.3 is 5.73 Å². The molecule has 17 heavy (non-hydrogen) atoms. The Bertz CT molecular complexity index is 478. The summed E-state index contributed by atoms with van der Waals surface area (Å²) < 4.78 is 26.6. The molecule has 0 spiro atoms. The third-order valence-corrected chi connectivity index (χ3v) is 5.30. The SMILES string of the molecule is Cc1cc(S(=O)(=O)NCC(N)C(C)C)c(C)s1. The molecule has 1 rings (SSSR count). The number of hydrogen-bond donors (Lipinski definition) is 2. The minimum absolute atomic E-state index is 0.162. The Morgan fingerprint density at radius 1 is 1.41 bits per heavy atom. The van der Waals surface area contributed by atoms with Crippen molar-refractivity contribution in [3.05, 3.63) is 15.8 Å². The molecule has 0 radical (unpaired) electrons. The molecule has 1 aromatic rings. The van der Waals surface area contributed by atoms with Crippen LogP contribution in [0.5, 0.6) is 0 Å². The van der Waals surface area contributed by atoms with E-state index < -0.39 is 10.0 Å². The maximum absolute atomic E-state index is 12.0. The van der Waals surface area contributed by atoms with Crippen LogP contribution in [0.2, 0.25) is 0 Å². The van der Waals surface area contributed by atoms with Crippen molar-refractivity contribution in [1.29, 1.82) is 0 Å². The molecule has 1 atom stereocenters. The van der Waals surface area contributed by atoms with E-state index in [9.17, 15) is 8.42 Å². The summed E-state index contributed by atoms with van der Waals surface area (Å²) in [5.41, 5.74) is 5.82. The number of thiophene rings is 1. The zero-order valence-electron chi connectivity index (χ0n) is 10.6. The summed E-state index contributed by atoms with van der Waals surface area (Å²) in [6.07, 6.45) is 0. The van der Waals surface area contributed by atoms with Crippen LogP contribution < -0.4 is 10.5 Å². The first-order chi connectivity index (χ1) is 7.74. The molecule has 0 aromatic carbocycles. The first kappa shape index (κ1) is 14.6. The van der Waals surface area contributed by atoms with Crippen LogP contribution in [0.1, 0.15) is 23.6 Å². The van der Waals surface area contributed by atoms with E-state index in [2.05, 4.69) is 4.72 Å². The molecule has 0 saturated heterocycles. The number of rotatable bonds is 5. The summed E-state index contributed by atoms with van der Waals surface area (Å²) in [6, 6.07) is 1.54. The van der Waals surface area contributed by atoms with Crippen LogP contribution in [-0.2, 0) is 10.0 Å². The van der Waals surface area contributed by atoms with Crippen LogP contribution >= 0.6 is 11.3 Å². The van der Waals surface area contributed by atoms with Gasteiger partial charge in [0.15, 0.2) is 0 Å². The molecule has 6 heteroatoms. The summed E-state index contributed by atoms with van der Waals surface area (Å²) in [5, 5.41) is 0. The van der Waals surface area contributed by atoms with Crippen LogP contribution in [0, 0.1) is 19.8 Å². The molecular weight excluding hydrogens is 256 g/mol. The molecule has 0 aliphatic carbocycles. The van der Waals surface area contributed by atoms with Gasteiger partial charge in [-0.15, -0.1) is 11.3 Å². The molecule has 0 aliphatic rings. The highest BCUT2D eigenvalue weighted by Crippen LogP contribution is 2.24. The lowest BCUT2D eigenvalue weighted by Gasteiger charge is -2.16. The van der Waals surface area contributed by atoms with Crippen molar-refractivity contribution in [2.45, 2.75) is 38.6 Å². The third kappa shape index (κ3) is 3.77. The van der Waals surface area contributed by atoms with Gasteiger partial charge in [0.05, 0.1) is 4.90 Å². The van der Waals surface area contributed by atoms with Crippen LogP contribution in [0.3, 0.4) is 0 Å². The van der Waals surface area contributed by atoms with E-state index >= 15 is 0 Å². The van der Waals surface area contributed by atoms with Crippen molar-refractivity contribution in [2.24, 2.45) is 11.7 Å². The van der Waals surface area contributed by atoms with Gasteiger partial charge in [0.1, 0.15) is 0 Å². The predicted octanol–water partition coefficient (Wildman–Crippen LogP) is 1.63. The maximum Gasteiger partial charge on any atom is 0.241 e. The van der Waals surface area contributed by atoms with Gasteiger partial charge in [0.2, 0.25) is 10.0 Å². The molecule has 4 nitrogen and oxygen atoms in total. The van der Waals surface area contributed by atoms with E-state index in [0.29, 0.717) is 4.90 Å². The van der Waals surface area contributed by atoms with Crippen LogP contribution in [-0.4, -0.2) is 21.0 Å². The van der Waals surface area contributed by atoms with Crippen LogP contribution in [0.25, 0.3) is 0 Å². The zero-order chi connectivity index (χ0) is 13.2. The van der Waals surface area contributed by atoms with Gasteiger partial charge in [0.25, 0.3) is 0 Å². The molecule has 0 fully saturated rings. The molecule has 0 amide bonds. The lowest BCUT2D eigenvalue weighted by molar-refractivity contribution is 0.481. The normalized spacial score (nSPS) is 14.2. The number of nitrogens with two attached hydrogens (primary N) is 1. The molecule has 0 saturated carbocycles. The number of sulfonamides is 1. The summed E-state index contributed by atoms with van der Waals surface area (Å²) in [6.45, 7) is 7.93. The second kappa shape index (κ2) is 5.48. The number of hydrogen-bond acceptors (Lipinski definition) is 4. The molecule has 1 heterocycles. The predicted molar refractivity (Wildman–Crippen MR) is 71.8 cm³/mol. The molecule has 3 N–H and O–H groups in total. The number of aryl methyl sites for hydroxylation is 2. The highest BCUT2D eigenvalue weighted by atomic mass is 32.2. The topological polar surface area (TPSA) is 72.2 Å². The van der Waals surface area contributed by atoms with Gasteiger partial charge in [-0.2, -0.15) is 0 Å². The smallest absolute Gasteiger partial charge is 0.241 e. The van der Waals surface area contributed by atoms with E-state index in [4.69, 9.17) is 5.73 Å². The summed E-state index contributed by atoms with van der Waals surface area (Å²) in [4.78, 5) is 2.18. The Hall–Kier alpha value is -0.430. The van der Waals surface area contributed by atoms with Gasteiger partial charge in [-0.25, -0.2) is 13.1 Å². The molecule has 0 bridgehead atoms.